The SMILES string of the molecule is COc1ccc(C[C@H]2NC[C@H](O)[C@H]2OC(=O)NCCN2CCC3(CCC3)C2)cc1. The lowest BCUT2D eigenvalue weighted by Crippen LogP contribution is -2.43. The molecule has 2 heterocycles. The van der Waals surface area contributed by atoms with Crippen molar-refractivity contribution in [2.24, 2.45) is 5.41 Å². The number of benzene rings is 1. The number of alkyl carbamates (subject to hydrolysis) is 1. The summed E-state index contributed by atoms with van der Waals surface area (Å²) >= 11 is 0. The number of carbonyl (C=O) groups is 1. The Balaban J connectivity index is 1.21. The summed E-state index contributed by atoms with van der Waals surface area (Å²) in [4.78, 5) is 14.7. The Kier molecular flexibility index (Phi) is 6.27. The number of methoxy groups -OCH3 is 1. The van der Waals surface area contributed by atoms with Crippen LogP contribution < -0.4 is 15.4 Å². The van der Waals surface area contributed by atoms with Gasteiger partial charge in [-0.3, -0.25) is 0 Å². The van der Waals surface area contributed by atoms with E-state index in [1.54, 1.807) is 7.11 Å². The predicted molar refractivity (Wildman–Crippen MR) is 110 cm³/mol. The minimum atomic E-state index is -0.693. The molecule has 3 aliphatic rings. The van der Waals surface area contributed by atoms with Gasteiger partial charge in [0.2, 0.25) is 0 Å². The molecule has 7 heteroatoms. The van der Waals surface area contributed by atoms with Crippen LogP contribution in [0.15, 0.2) is 24.3 Å². The molecule has 1 aliphatic carbocycles. The fraction of sp³-hybridized carbons (Fsp3) is 0.682. The summed E-state index contributed by atoms with van der Waals surface area (Å²) in [6, 6.07) is 7.70. The van der Waals surface area contributed by atoms with Crippen molar-refractivity contribution >= 4 is 6.09 Å². The molecule has 29 heavy (non-hydrogen) atoms. The molecule has 4 rings (SSSR count). The molecule has 1 aromatic carbocycles. The molecule has 1 saturated carbocycles. The Morgan fingerprint density at radius 1 is 1.31 bits per heavy atom. The van der Waals surface area contributed by atoms with Gasteiger partial charge in [0, 0.05) is 26.2 Å². The summed E-state index contributed by atoms with van der Waals surface area (Å²) in [7, 11) is 1.64. The van der Waals surface area contributed by atoms with Crippen molar-refractivity contribution in [2.45, 2.75) is 50.4 Å². The molecule has 1 aromatic rings. The Hall–Kier alpha value is -1.83. The zero-order valence-corrected chi connectivity index (χ0v) is 17.2. The molecule has 160 valence electrons. The molecule has 1 spiro atoms. The first-order valence-electron chi connectivity index (χ1n) is 10.8. The molecule has 3 fully saturated rings. The van der Waals surface area contributed by atoms with Gasteiger partial charge in [0.05, 0.1) is 13.2 Å². The van der Waals surface area contributed by atoms with Gasteiger partial charge in [-0.2, -0.15) is 0 Å². The standard InChI is InChI=1S/C22H33N3O4/c1-28-17-5-3-16(4-6-17)13-18-20(19(26)14-24-18)29-21(27)23-10-12-25-11-9-22(15-25)7-2-8-22/h3-6,18-20,24,26H,2,7-15H2,1H3,(H,23,27)/t18-,19+,20+/m1/s1. The van der Waals surface area contributed by atoms with Crippen molar-refractivity contribution in [3.05, 3.63) is 29.8 Å². The smallest absolute Gasteiger partial charge is 0.407 e. The van der Waals surface area contributed by atoms with E-state index in [2.05, 4.69) is 15.5 Å². The molecule has 2 saturated heterocycles. The van der Waals surface area contributed by atoms with Crippen molar-refractivity contribution in [3.8, 4) is 5.75 Å². The topological polar surface area (TPSA) is 83.1 Å². The van der Waals surface area contributed by atoms with Gasteiger partial charge in [-0.1, -0.05) is 18.6 Å². The van der Waals surface area contributed by atoms with Crippen LogP contribution in [-0.4, -0.2) is 74.2 Å². The van der Waals surface area contributed by atoms with E-state index in [-0.39, 0.29) is 6.04 Å². The quantitative estimate of drug-likeness (QED) is 0.641. The molecule has 3 N–H and O–H groups in total. The second-order valence-electron chi connectivity index (χ2n) is 8.81. The van der Waals surface area contributed by atoms with E-state index < -0.39 is 18.3 Å². The van der Waals surface area contributed by atoms with E-state index in [0.717, 1.165) is 24.4 Å². The van der Waals surface area contributed by atoms with E-state index in [9.17, 15) is 9.90 Å². The van der Waals surface area contributed by atoms with Crippen LogP contribution in [0.3, 0.4) is 0 Å². The number of rotatable bonds is 7. The third-order valence-corrected chi connectivity index (χ3v) is 6.85. The van der Waals surface area contributed by atoms with Gasteiger partial charge >= 0.3 is 6.09 Å². The number of β-amino-alcohol motifs (C(OH)–C–C–N with tert-alkyl or cyclic N) is 1. The first-order valence-corrected chi connectivity index (χ1v) is 10.8. The van der Waals surface area contributed by atoms with Gasteiger partial charge < -0.3 is 30.1 Å². The minimum absolute atomic E-state index is 0.110. The highest BCUT2D eigenvalue weighted by atomic mass is 16.6. The average molecular weight is 404 g/mol. The van der Waals surface area contributed by atoms with Gasteiger partial charge in [-0.25, -0.2) is 4.79 Å². The highest BCUT2D eigenvalue weighted by molar-refractivity contribution is 5.67. The first kappa shape index (κ1) is 20.4. The number of nitrogens with one attached hydrogen (secondary N) is 2. The van der Waals surface area contributed by atoms with Crippen LogP contribution in [-0.2, 0) is 11.2 Å². The van der Waals surface area contributed by atoms with E-state index >= 15 is 0 Å². The molecule has 0 radical (unpaired) electrons. The molecule has 2 aliphatic heterocycles. The number of carbonyl (C=O) groups excluding carboxylic acids is 1. The number of hydrogen-bond acceptors (Lipinski definition) is 6. The molecule has 7 nitrogen and oxygen atoms in total. The molecule has 0 bridgehead atoms. The number of amides is 1. The second kappa shape index (κ2) is 8.90. The normalized spacial score (nSPS) is 28.3. The summed E-state index contributed by atoms with van der Waals surface area (Å²) in [5.74, 6) is 0.807. The van der Waals surface area contributed by atoms with Crippen LogP contribution in [0.1, 0.15) is 31.2 Å². The Bertz CT molecular complexity index is 692. The van der Waals surface area contributed by atoms with Gasteiger partial charge in [0.1, 0.15) is 18.0 Å². The predicted octanol–water partition coefficient (Wildman–Crippen LogP) is 1.54. The molecule has 0 unspecified atom stereocenters. The third-order valence-electron chi connectivity index (χ3n) is 6.85. The Morgan fingerprint density at radius 3 is 2.76 bits per heavy atom. The summed E-state index contributed by atoms with van der Waals surface area (Å²) < 4.78 is 10.8. The number of likely N-dealkylation sites (tertiary alicyclic amines) is 1. The number of nitrogens with zero attached hydrogens (tertiary/aromatic N) is 1. The fourth-order valence-corrected chi connectivity index (χ4v) is 4.92. The van der Waals surface area contributed by atoms with Crippen molar-refractivity contribution in [2.75, 3.05) is 39.8 Å². The minimum Gasteiger partial charge on any atom is -0.497 e. The summed E-state index contributed by atoms with van der Waals surface area (Å²) in [5.41, 5.74) is 1.68. The maximum Gasteiger partial charge on any atom is 0.407 e. The maximum atomic E-state index is 12.3. The van der Waals surface area contributed by atoms with Crippen molar-refractivity contribution < 1.29 is 19.4 Å². The van der Waals surface area contributed by atoms with Gasteiger partial charge in [0.15, 0.2) is 0 Å². The van der Waals surface area contributed by atoms with Crippen molar-refractivity contribution in [3.63, 3.8) is 0 Å². The lowest BCUT2D eigenvalue weighted by molar-refractivity contribution is 0.0188. The number of ether oxygens (including phenoxy) is 2. The molecular weight excluding hydrogens is 370 g/mol. The van der Waals surface area contributed by atoms with E-state index in [4.69, 9.17) is 9.47 Å². The summed E-state index contributed by atoms with van der Waals surface area (Å²) in [5, 5.41) is 16.4. The highest BCUT2D eigenvalue weighted by Crippen LogP contribution is 2.47. The first-order chi connectivity index (χ1) is 14.1. The van der Waals surface area contributed by atoms with E-state index in [1.807, 2.05) is 24.3 Å². The second-order valence-corrected chi connectivity index (χ2v) is 8.81. The van der Waals surface area contributed by atoms with Gasteiger partial charge in [0.25, 0.3) is 0 Å². The summed E-state index contributed by atoms with van der Waals surface area (Å²) in [6.07, 6.45) is 4.37. The molecule has 3 atom stereocenters. The zero-order chi connectivity index (χ0) is 20.3. The zero-order valence-electron chi connectivity index (χ0n) is 17.2. The van der Waals surface area contributed by atoms with Crippen LogP contribution in [0.2, 0.25) is 0 Å². The van der Waals surface area contributed by atoms with Crippen LogP contribution in [0.4, 0.5) is 4.79 Å². The van der Waals surface area contributed by atoms with Gasteiger partial charge in [-0.05, 0) is 55.3 Å². The van der Waals surface area contributed by atoms with Crippen LogP contribution in [0.5, 0.6) is 5.75 Å². The largest absolute Gasteiger partial charge is 0.497 e. The fourth-order valence-electron chi connectivity index (χ4n) is 4.92. The number of hydrogen-bond donors (Lipinski definition) is 3. The van der Waals surface area contributed by atoms with Crippen LogP contribution in [0, 0.1) is 5.41 Å². The maximum absolute atomic E-state index is 12.3. The van der Waals surface area contributed by atoms with Crippen molar-refractivity contribution in [1.82, 2.24) is 15.5 Å². The Morgan fingerprint density at radius 2 is 2.10 bits per heavy atom. The number of aliphatic hydroxyl groups is 1. The Labute approximate surface area is 172 Å². The third kappa shape index (κ3) is 4.85. The lowest BCUT2D eigenvalue weighted by Gasteiger charge is -2.38. The van der Waals surface area contributed by atoms with E-state index in [0.29, 0.717) is 24.9 Å². The van der Waals surface area contributed by atoms with Crippen LogP contribution >= 0.6 is 0 Å². The van der Waals surface area contributed by atoms with E-state index in [1.165, 1.54) is 32.2 Å². The number of aliphatic hydroxyl groups excluding tert-OH is 1. The molecular formula is C22H33N3O4. The molecule has 0 aromatic heterocycles. The lowest BCUT2D eigenvalue weighted by atomic mass is 9.68. The van der Waals surface area contributed by atoms with Gasteiger partial charge in [-0.15, -0.1) is 0 Å². The van der Waals surface area contributed by atoms with Crippen molar-refractivity contribution in [1.29, 1.82) is 0 Å². The van der Waals surface area contributed by atoms with Crippen LogP contribution in [0.25, 0.3) is 0 Å². The molecule has 1 amide bonds. The average Bonchev–Trinajstić information content (AvgIpc) is 3.28. The highest BCUT2D eigenvalue weighted by Gasteiger charge is 2.42. The summed E-state index contributed by atoms with van der Waals surface area (Å²) in [6.45, 7) is 4.16. The monoisotopic (exact) mass is 403 g/mol.